The van der Waals surface area contributed by atoms with Gasteiger partial charge in [0, 0.05) is 31.8 Å². The Labute approximate surface area is 138 Å². The van der Waals surface area contributed by atoms with E-state index in [2.05, 4.69) is 20.5 Å². The van der Waals surface area contributed by atoms with E-state index in [9.17, 15) is 4.79 Å². The zero-order chi connectivity index (χ0) is 16.5. The molecule has 1 aliphatic heterocycles. The van der Waals surface area contributed by atoms with E-state index in [1.807, 2.05) is 30.5 Å². The molecule has 1 saturated heterocycles. The second-order valence-corrected chi connectivity index (χ2v) is 5.96. The smallest absolute Gasteiger partial charge is 0.244 e. The maximum atomic E-state index is 12.6. The molecule has 0 radical (unpaired) electrons. The van der Waals surface area contributed by atoms with Crippen LogP contribution in [0.2, 0.25) is 0 Å². The molecule has 3 heterocycles. The van der Waals surface area contributed by atoms with E-state index in [-0.39, 0.29) is 24.5 Å². The van der Waals surface area contributed by atoms with Crippen molar-refractivity contribution in [3.05, 3.63) is 42.4 Å². The Morgan fingerprint density at radius 3 is 3.00 bits per heavy atom. The number of methoxy groups -OCH3 is 1. The van der Waals surface area contributed by atoms with Crippen LogP contribution in [0.3, 0.4) is 0 Å². The molecule has 8 nitrogen and oxygen atoms in total. The lowest BCUT2D eigenvalue weighted by atomic mass is 10.0. The monoisotopic (exact) mass is 326 g/mol. The third kappa shape index (κ3) is 2.65. The number of amides is 1. The van der Waals surface area contributed by atoms with Crippen LogP contribution in [0.5, 0.6) is 0 Å². The lowest BCUT2D eigenvalue weighted by molar-refractivity contribution is -0.131. The second-order valence-electron chi connectivity index (χ2n) is 5.96. The van der Waals surface area contributed by atoms with Crippen molar-refractivity contribution in [2.24, 2.45) is 0 Å². The van der Waals surface area contributed by atoms with Crippen molar-refractivity contribution < 1.29 is 9.53 Å². The molecule has 8 heteroatoms. The molecular weight excluding hydrogens is 308 g/mol. The summed E-state index contributed by atoms with van der Waals surface area (Å²) in [5.41, 5.74) is 1.71. The molecule has 0 unspecified atom stereocenters. The summed E-state index contributed by atoms with van der Waals surface area (Å²) in [6, 6.07) is 7.82. The van der Waals surface area contributed by atoms with E-state index in [1.54, 1.807) is 22.9 Å². The highest BCUT2D eigenvalue weighted by Crippen LogP contribution is 2.28. The van der Waals surface area contributed by atoms with Gasteiger partial charge in [-0.05, 0) is 6.07 Å². The fourth-order valence-corrected chi connectivity index (χ4v) is 3.22. The molecule has 3 aromatic rings. The minimum absolute atomic E-state index is 0.0239. The number of rotatable bonds is 4. The van der Waals surface area contributed by atoms with Crippen molar-refractivity contribution in [2.75, 3.05) is 20.2 Å². The summed E-state index contributed by atoms with van der Waals surface area (Å²) in [7, 11) is 1.66. The molecule has 1 aliphatic rings. The number of hydrogen-bond acceptors (Lipinski definition) is 5. The van der Waals surface area contributed by atoms with Gasteiger partial charge in [0.1, 0.15) is 6.54 Å². The lowest BCUT2D eigenvalue weighted by Crippen LogP contribution is -2.33. The number of fused-ring (bicyclic) bond motifs is 1. The highest BCUT2D eigenvalue weighted by Gasteiger charge is 2.37. The number of nitrogens with zero attached hydrogens (tertiary/aromatic N) is 5. The van der Waals surface area contributed by atoms with Gasteiger partial charge in [-0.1, -0.05) is 18.2 Å². The third-order valence-electron chi connectivity index (χ3n) is 4.49. The normalized spacial score (nSPS) is 20.8. The number of aromatic nitrogens is 5. The number of likely N-dealkylation sites (tertiary alicyclic amines) is 1. The topological polar surface area (TPSA) is 88.9 Å². The summed E-state index contributed by atoms with van der Waals surface area (Å²) in [6.45, 7) is 1.34. The predicted octanol–water partition coefficient (Wildman–Crippen LogP) is 0.795. The Kier molecular flexibility index (Phi) is 3.73. The van der Waals surface area contributed by atoms with E-state index in [1.165, 1.54) is 0 Å². The summed E-state index contributed by atoms with van der Waals surface area (Å²) in [5.74, 6) is 0.0604. The van der Waals surface area contributed by atoms with Crippen LogP contribution in [0, 0.1) is 0 Å². The maximum absolute atomic E-state index is 12.6. The van der Waals surface area contributed by atoms with Crippen LogP contribution >= 0.6 is 0 Å². The molecule has 124 valence electrons. The first kappa shape index (κ1) is 14.8. The number of nitrogens with one attached hydrogen (secondary N) is 1. The zero-order valence-electron chi connectivity index (χ0n) is 13.3. The van der Waals surface area contributed by atoms with Gasteiger partial charge >= 0.3 is 0 Å². The minimum Gasteiger partial charge on any atom is -0.379 e. The van der Waals surface area contributed by atoms with Gasteiger partial charge in [-0.2, -0.15) is 20.5 Å². The van der Waals surface area contributed by atoms with Crippen LogP contribution in [-0.2, 0) is 16.1 Å². The van der Waals surface area contributed by atoms with Gasteiger partial charge < -0.3 is 9.64 Å². The number of H-pyrrole nitrogens is 1. The van der Waals surface area contributed by atoms with E-state index in [0.717, 1.165) is 16.6 Å². The molecule has 1 N–H and O–H groups in total. The number of ether oxygens (including phenoxy) is 1. The van der Waals surface area contributed by atoms with Crippen molar-refractivity contribution in [3.63, 3.8) is 0 Å². The fraction of sp³-hybridized carbons (Fsp3) is 0.375. The second kappa shape index (κ2) is 6.04. The molecule has 24 heavy (non-hydrogen) atoms. The van der Waals surface area contributed by atoms with Crippen molar-refractivity contribution in [1.82, 2.24) is 30.1 Å². The molecular formula is C16H18N6O2. The third-order valence-corrected chi connectivity index (χ3v) is 4.49. The van der Waals surface area contributed by atoms with Crippen molar-refractivity contribution in [1.29, 1.82) is 0 Å². The van der Waals surface area contributed by atoms with Gasteiger partial charge in [-0.3, -0.25) is 9.48 Å². The highest BCUT2D eigenvalue weighted by molar-refractivity contribution is 5.80. The lowest BCUT2D eigenvalue weighted by Gasteiger charge is -2.15. The molecule has 2 aromatic heterocycles. The molecule has 1 amide bonds. The van der Waals surface area contributed by atoms with Crippen LogP contribution in [0.1, 0.15) is 11.6 Å². The molecule has 0 spiro atoms. The average molecular weight is 326 g/mol. The number of carbonyl (C=O) groups excluding carboxylic acids is 1. The molecule has 0 saturated carbocycles. The quantitative estimate of drug-likeness (QED) is 0.766. The van der Waals surface area contributed by atoms with Gasteiger partial charge in [0.25, 0.3) is 0 Å². The van der Waals surface area contributed by atoms with Crippen LogP contribution in [0.4, 0.5) is 0 Å². The molecule has 1 fully saturated rings. The van der Waals surface area contributed by atoms with Gasteiger partial charge in [-0.25, -0.2) is 0 Å². The Morgan fingerprint density at radius 1 is 1.38 bits per heavy atom. The Morgan fingerprint density at radius 2 is 2.25 bits per heavy atom. The molecule has 2 atom stereocenters. The Bertz CT molecular complexity index is 810. The first-order valence-corrected chi connectivity index (χ1v) is 7.83. The SMILES string of the molecule is CO[C@@H]1CN(C(=O)Cn2cc3ccccc3n2)C[C@H]1c1cn[nH]n1. The fourth-order valence-electron chi connectivity index (χ4n) is 3.22. The maximum Gasteiger partial charge on any atom is 0.244 e. The number of carbonyl (C=O) groups is 1. The first-order chi connectivity index (χ1) is 11.7. The molecule has 1 aromatic carbocycles. The van der Waals surface area contributed by atoms with E-state index < -0.39 is 0 Å². The summed E-state index contributed by atoms with van der Waals surface area (Å²) in [6.07, 6.45) is 3.51. The summed E-state index contributed by atoms with van der Waals surface area (Å²) in [5, 5.41) is 16.1. The highest BCUT2D eigenvalue weighted by atomic mass is 16.5. The molecule has 0 aliphatic carbocycles. The summed E-state index contributed by atoms with van der Waals surface area (Å²) < 4.78 is 7.22. The zero-order valence-corrected chi connectivity index (χ0v) is 13.3. The van der Waals surface area contributed by atoms with Gasteiger partial charge in [0.05, 0.1) is 29.4 Å². The van der Waals surface area contributed by atoms with Crippen molar-refractivity contribution >= 4 is 16.8 Å². The summed E-state index contributed by atoms with van der Waals surface area (Å²) >= 11 is 0. The molecule has 0 bridgehead atoms. The number of aromatic amines is 1. The minimum atomic E-state index is -0.0734. The van der Waals surface area contributed by atoms with Gasteiger partial charge in [0.15, 0.2) is 0 Å². The molecule has 4 rings (SSSR count). The standard InChI is InChI=1S/C16H18N6O2/c1-24-15-9-21(8-12(15)14-6-17-20-18-14)16(23)10-22-7-11-4-2-3-5-13(11)19-22/h2-7,12,15H,8-10H2,1H3,(H,17,18,20)/t12-,15+/m0/s1. The van der Waals surface area contributed by atoms with Gasteiger partial charge in [0.2, 0.25) is 5.91 Å². The Balaban J connectivity index is 1.48. The van der Waals surface area contributed by atoms with Crippen molar-refractivity contribution in [2.45, 2.75) is 18.6 Å². The number of hydrogen-bond donors (Lipinski definition) is 1. The summed E-state index contributed by atoms with van der Waals surface area (Å²) in [4.78, 5) is 14.4. The first-order valence-electron chi connectivity index (χ1n) is 7.83. The van der Waals surface area contributed by atoms with Crippen LogP contribution in [0.25, 0.3) is 10.9 Å². The van der Waals surface area contributed by atoms with Crippen LogP contribution < -0.4 is 0 Å². The van der Waals surface area contributed by atoms with Crippen LogP contribution in [0.15, 0.2) is 36.7 Å². The van der Waals surface area contributed by atoms with E-state index in [0.29, 0.717) is 13.1 Å². The van der Waals surface area contributed by atoms with Gasteiger partial charge in [-0.15, -0.1) is 0 Å². The number of benzene rings is 1. The van der Waals surface area contributed by atoms with E-state index >= 15 is 0 Å². The van der Waals surface area contributed by atoms with E-state index in [4.69, 9.17) is 4.74 Å². The largest absolute Gasteiger partial charge is 0.379 e. The average Bonchev–Trinajstić information content (AvgIpc) is 3.32. The van der Waals surface area contributed by atoms with Crippen molar-refractivity contribution in [3.8, 4) is 0 Å². The Hall–Kier alpha value is -2.74. The van der Waals surface area contributed by atoms with Crippen LogP contribution in [-0.4, -0.2) is 62.3 Å². The predicted molar refractivity (Wildman–Crippen MR) is 86.2 cm³/mol.